The molecule has 1 atom stereocenters. The normalized spacial score (nSPS) is 17.1. The Kier molecular flexibility index (Phi) is 7.09. The van der Waals surface area contributed by atoms with Crippen molar-refractivity contribution in [1.29, 1.82) is 0 Å². The number of fused-ring (bicyclic) bond motifs is 2. The summed E-state index contributed by atoms with van der Waals surface area (Å²) in [4.78, 5) is 32.6. The lowest BCUT2D eigenvalue weighted by Gasteiger charge is -2.29. The van der Waals surface area contributed by atoms with Gasteiger partial charge in [-0.1, -0.05) is 26.8 Å². The maximum Gasteiger partial charge on any atom is 0.240 e. The molecule has 2 aliphatic heterocycles. The lowest BCUT2D eigenvalue weighted by Crippen LogP contribution is -2.43. The maximum absolute atomic E-state index is 13.7. The number of ether oxygens (including phenoxy) is 2. The molecule has 0 saturated carbocycles. The molecule has 9 nitrogen and oxygen atoms in total. The number of thioether (sulfide) groups is 1. The molecule has 39 heavy (non-hydrogen) atoms. The van der Waals surface area contributed by atoms with E-state index >= 15 is 0 Å². The molecule has 10 heteroatoms. The highest BCUT2D eigenvalue weighted by molar-refractivity contribution is 8.00. The van der Waals surface area contributed by atoms with Crippen LogP contribution in [0.15, 0.2) is 42.7 Å². The van der Waals surface area contributed by atoms with E-state index in [0.29, 0.717) is 23.9 Å². The molecule has 2 aromatic heterocycles. The number of hydrogen-bond acceptors (Lipinski definition) is 7. The van der Waals surface area contributed by atoms with Gasteiger partial charge in [-0.05, 0) is 56.2 Å². The number of anilines is 1. The Morgan fingerprint density at radius 3 is 2.49 bits per heavy atom. The van der Waals surface area contributed by atoms with Gasteiger partial charge in [-0.2, -0.15) is 5.10 Å². The third kappa shape index (κ3) is 5.48. The predicted molar refractivity (Wildman–Crippen MR) is 151 cm³/mol. The molecule has 206 valence electrons. The number of pyridine rings is 1. The largest absolute Gasteiger partial charge is 0.454 e. The molecule has 0 fully saturated rings. The Bertz CT molecular complexity index is 1390. The van der Waals surface area contributed by atoms with E-state index in [2.05, 4.69) is 51.8 Å². The summed E-state index contributed by atoms with van der Waals surface area (Å²) in [6.07, 6.45) is 3.38. The van der Waals surface area contributed by atoms with E-state index < -0.39 is 5.54 Å². The van der Waals surface area contributed by atoms with Crippen molar-refractivity contribution in [2.45, 2.75) is 64.3 Å². The van der Waals surface area contributed by atoms with Crippen molar-refractivity contribution in [3.63, 3.8) is 0 Å². The smallest absolute Gasteiger partial charge is 0.240 e. The molecule has 2 aliphatic rings. The van der Waals surface area contributed by atoms with Gasteiger partial charge in [0.15, 0.2) is 11.5 Å². The second-order valence-corrected chi connectivity index (χ2v) is 12.9. The fraction of sp³-hybridized carbons (Fsp3) is 0.448. The molecule has 2 amide bonds. The SMILES string of the molecule is CC(C)(C)c1nn(C(C)(C)C)c2c1C(c1ccc3c(c1)OCO3)SCC(=O)N2CC(=O)NCc1ccncc1. The zero-order chi connectivity index (χ0) is 27.9. The van der Waals surface area contributed by atoms with Gasteiger partial charge >= 0.3 is 0 Å². The topological polar surface area (TPSA) is 98.6 Å². The number of amides is 2. The molecule has 1 unspecified atom stereocenters. The van der Waals surface area contributed by atoms with Crippen LogP contribution in [0.4, 0.5) is 5.82 Å². The summed E-state index contributed by atoms with van der Waals surface area (Å²) in [6, 6.07) is 9.64. The summed E-state index contributed by atoms with van der Waals surface area (Å²) in [5.74, 6) is 1.93. The highest BCUT2D eigenvalue weighted by Gasteiger charge is 2.41. The summed E-state index contributed by atoms with van der Waals surface area (Å²) < 4.78 is 13.1. The number of rotatable bonds is 5. The first-order chi connectivity index (χ1) is 18.4. The van der Waals surface area contributed by atoms with Crippen LogP contribution in [0.3, 0.4) is 0 Å². The monoisotopic (exact) mass is 549 g/mol. The summed E-state index contributed by atoms with van der Waals surface area (Å²) in [5, 5.41) is 7.90. The van der Waals surface area contributed by atoms with Crippen LogP contribution in [0, 0.1) is 0 Å². The van der Waals surface area contributed by atoms with Crippen LogP contribution in [0.5, 0.6) is 11.5 Å². The Morgan fingerprint density at radius 2 is 1.79 bits per heavy atom. The first-order valence-electron chi connectivity index (χ1n) is 13.0. The summed E-state index contributed by atoms with van der Waals surface area (Å²) in [7, 11) is 0. The van der Waals surface area contributed by atoms with Gasteiger partial charge in [0.25, 0.3) is 0 Å². The third-order valence-corrected chi connectivity index (χ3v) is 7.93. The highest BCUT2D eigenvalue weighted by atomic mass is 32.2. The van der Waals surface area contributed by atoms with Crippen molar-refractivity contribution in [2.75, 3.05) is 24.0 Å². The van der Waals surface area contributed by atoms with Crippen molar-refractivity contribution in [3.05, 3.63) is 65.1 Å². The molecule has 3 aromatic rings. The molecular weight excluding hydrogens is 514 g/mol. The van der Waals surface area contributed by atoms with E-state index in [9.17, 15) is 9.59 Å². The summed E-state index contributed by atoms with van der Waals surface area (Å²) in [6.45, 7) is 13.0. The van der Waals surface area contributed by atoms with Crippen LogP contribution >= 0.6 is 11.8 Å². The van der Waals surface area contributed by atoms with Gasteiger partial charge in [0.1, 0.15) is 12.4 Å². The lowest BCUT2D eigenvalue weighted by atomic mass is 9.87. The Labute approximate surface area is 233 Å². The summed E-state index contributed by atoms with van der Waals surface area (Å²) >= 11 is 1.55. The van der Waals surface area contributed by atoms with E-state index in [1.807, 2.05) is 35.0 Å². The number of carbonyl (C=O) groups excluding carboxylic acids is 2. The van der Waals surface area contributed by atoms with Gasteiger partial charge in [0.05, 0.1) is 22.2 Å². The van der Waals surface area contributed by atoms with Crippen molar-refractivity contribution in [1.82, 2.24) is 20.1 Å². The van der Waals surface area contributed by atoms with E-state index in [1.165, 1.54) is 0 Å². The molecule has 4 heterocycles. The van der Waals surface area contributed by atoms with Crippen molar-refractivity contribution in [3.8, 4) is 11.5 Å². The van der Waals surface area contributed by atoms with Crippen LogP contribution in [-0.2, 0) is 27.1 Å². The molecule has 1 N–H and O–H groups in total. The van der Waals surface area contributed by atoms with Gasteiger partial charge in [-0.3, -0.25) is 19.5 Å². The van der Waals surface area contributed by atoms with Gasteiger partial charge in [-0.15, -0.1) is 11.8 Å². The predicted octanol–water partition coefficient (Wildman–Crippen LogP) is 4.54. The number of benzene rings is 1. The Morgan fingerprint density at radius 1 is 1.08 bits per heavy atom. The van der Waals surface area contributed by atoms with E-state index in [4.69, 9.17) is 14.6 Å². The fourth-order valence-electron chi connectivity index (χ4n) is 4.78. The summed E-state index contributed by atoms with van der Waals surface area (Å²) in [5.41, 5.74) is 3.05. The Balaban J connectivity index is 1.60. The molecule has 0 aliphatic carbocycles. The second kappa shape index (κ2) is 10.2. The third-order valence-electron chi connectivity index (χ3n) is 6.67. The van der Waals surface area contributed by atoms with Crippen LogP contribution in [0.1, 0.15) is 69.2 Å². The standard InChI is InChI=1S/C29H35N5O4S/c1-28(2,3)26-24-25(19-7-8-20-21(13-19)38-17-37-20)39-16-23(36)33(27(24)34(32-26)29(4,5)6)15-22(35)31-14-18-9-11-30-12-10-18/h7-13,25H,14-17H2,1-6H3,(H,31,35). The quantitative estimate of drug-likeness (QED) is 0.499. The van der Waals surface area contributed by atoms with Gasteiger partial charge in [0.2, 0.25) is 18.6 Å². The van der Waals surface area contributed by atoms with Crippen molar-refractivity contribution in [2.24, 2.45) is 0 Å². The zero-order valence-corrected chi connectivity index (χ0v) is 24.1. The number of nitrogens with one attached hydrogen (secondary N) is 1. The average molecular weight is 550 g/mol. The van der Waals surface area contributed by atoms with E-state index in [0.717, 1.165) is 22.4 Å². The fourth-order valence-corrected chi connectivity index (χ4v) is 5.97. The Hall–Kier alpha value is -3.53. The van der Waals surface area contributed by atoms with Gasteiger partial charge in [-0.25, -0.2) is 4.68 Å². The number of hydrogen-bond donors (Lipinski definition) is 1. The molecule has 5 rings (SSSR count). The minimum Gasteiger partial charge on any atom is -0.454 e. The van der Waals surface area contributed by atoms with Crippen molar-refractivity contribution < 1.29 is 19.1 Å². The van der Waals surface area contributed by atoms with Gasteiger partial charge < -0.3 is 14.8 Å². The average Bonchev–Trinajstić information content (AvgIpc) is 3.49. The molecule has 0 saturated heterocycles. The van der Waals surface area contributed by atoms with E-state index in [1.54, 1.807) is 29.1 Å². The first-order valence-corrected chi connectivity index (χ1v) is 14.1. The molecule has 0 spiro atoms. The molecule has 0 bridgehead atoms. The number of carbonyl (C=O) groups is 2. The minimum absolute atomic E-state index is 0.101. The highest BCUT2D eigenvalue weighted by Crippen LogP contribution is 2.50. The van der Waals surface area contributed by atoms with Crippen LogP contribution in [-0.4, -0.2) is 45.7 Å². The van der Waals surface area contributed by atoms with Crippen molar-refractivity contribution >= 4 is 29.4 Å². The lowest BCUT2D eigenvalue weighted by molar-refractivity contribution is -0.123. The van der Waals surface area contributed by atoms with Crippen LogP contribution in [0.2, 0.25) is 0 Å². The van der Waals surface area contributed by atoms with Crippen LogP contribution in [0.25, 0.3) is 0 Å². The first kappa shape index (κ1) is 27.1. The minimum atomic E-state index is -0.436. The van der Waals surface area contributed by atoms with Crippen LogP contribution < -0.4 is 19.7 Å². The number of aromatic nitrogens is 3. The maximum atomic E-state index is 13.7. The molecule has 1 aromatic carbocycles. The van der Waals surface area contributed by atoms with E-state index in [-0.39, 0.29) is 41.6 Å². The molecular formula is C29H35N5O4S. The second-order valence-electron chi connectivity index (χ2n) is 11.8. The molecule has 0 radical (unpaired) electrons. The number of nitrogens with zero attached hydrogens (tertiary/aromatic N) is 4. The van der Waals surface area contributed by atoms with Gasteiger partial charge in [0, 0.05) is 29.9 Å². The zero-order valence-electron chi connectivity index (χ0n) is 23.3.